The van der Waals surface area contributed by atoms with Crippen molar-refractivity contribution in [3.63, 3.8) is 0 Å². The van der Waals surface area contributed by atoms with Crippen LogP contribution in [0, 0.1) is 5.92 Å². The number of aromatic nitrogens is 3. The number of urea groups is 1. The lowest BCUT2D eigenvalue weighted by molar-refractivity contribution is 0.0519. The smallest absolute Gasteiger partial charge is 0.317 e. The van der Waals surface area contributed by atoms with Crippen LogP contribution in [0.2, 0.25) is 0 Å². The van der Waals surface area contributed by atoms with Crippen molar-refractivity contribution in [2.75, 3.05) is 26.2 Å². The van der Waals surface area contributed by atoms with Gasteiger partial charge in [0.2, 0.25) is 0 Å². The third-order valence-electron chi connectivity index (χ3n) is 5.23. The van der Waals surface area contributed by atoms with Crippen molar-refractivity contribution in [3.8, 4) is 11.4 Å². The molecule has 2 aromatic heterocycles. The molecule has 4 rings (SSSR count). The van der Waals surface area contributed by atoms with Crippen molar-refractivity contribution < 1.29 is 9.53 Å². The normalized spacial score (nSPS) is 21.5. The minimum Gasteiger partial charge on any atom is -0.376 e. The number of nitrogens with zero attached hydrogens (tertiary/aromatic N) is 4. The summed E-state index contributed by atoms with van der Waals surface area (Å²) in [5, 5.41) is 3.01. The van der Waals surface area contributed by atoms with Crippen molar-refractivity contribution in [2.45, 2.75) is 32.3 Å². The monoisotopic (exact) mass is 367 g/mol. The number of hydrogen-bond acceptors (Lipinski definition) is 5. The molecule has 1 saturated heterocycles. The average Bonchev–Trinajstić information content (AvgIpc) is 3.12. The van der Waals surface area contributed by atoms with Crippen LogP contribution in [0.4, 0.5) is 4.79 Å². The van der Waals surface area contributed by atoms with Gasteiger partial charge >= 0.3 is 6.03 Å². The van der Waals surface area contributed by atoms with E-state index in [-0.39, 0.29) is 11.4 Å². The van der Waals surface area contributed by atoms with Crippen LogP contribution in [0.15, 0.2) is 30.7 Å². The highest BCUT2D eigenvalue weighted by molar-refractivity contribution is 5.74. The summed E-state index contributed by atoms with van der Waals surface area (Å²) in [7, 11) is 0. The Balaban J connectivity index is 1.60. The first-order chi connectivity index (χ1) is 13.1. The first kappa shape index (κ1) is 17.9. The molecule has 27 heavy (non-hydrogen) atoms. The Morgan fingerprint density at radius 2 is 2.30 bits per heavy atom. The number of fused-ring (bicyclic) bond motifs is 2. The number of nitrogens with one attached hydrogen (secondary N) is 1. The van der Waals surface area contributed by atoms with Gasteiger partial charge in [0.1, 0.15) is 0 Å². The van der Waals surface area contributed by atoms with E-state index in [0.29, 0.717) is 44.6 Å². The molecule has 1 atom stereocenters. The highest BCUT2D eigenvalue weighted by Crippen LogP contribution is 2.39. The van der Waals surface area contributed by atoms with Crippen LogP contribution < -0.4 is 5.32 Å². The quantitative estimate of drug-likeness (QED) is 0.901. The van der Waals surface area contributed by atoms with Crippen molar-refractivity contribution >= 4 is 6.03 Å². The molecule has 0 saturated carbocycles. The van der Waals surface area contributed by atoms with Gasteiger partial charge in [-0.2, -0.15) is 0 Å². The molecule has 142 valence electrons. The summed E-state index contributed by atoms with van der Waals surface area (Å²) in [5.74, 6) is 1.10. The number of rotatable bonds is 3. The number of amides is 2. The van der Waals surface area contributed by atoms with E-state index in [1.807, 2.05) is 23.2 Å². The molecular formula is C20H25N5O2. The molecule has 0 aliphatic carbocycles. The van der Waals surface area contributed by atoms with E-state index in [2.05, 4.69) is 29.1 Å². The average molecular weight is 367 g/mol. The molecule has 2 amide bonds. The Hall–Kier alpha value is -2.54. The fourth-order valence-electron chi connectivity index (χ4n) is 3.79. The third-order valence-corrected chi connectivity index (χ3v) is 5.23. The van der Waals surface area contributed by atoms with Crippen LogP contribution in [-0.4, -0.2) is 52.1 Å². The van der Waals surface area contributed by atoms with Crippen molar-refractivity contribution in [1.82, 2.24) is 25.2 Å². The van der Waals surface area contributed by atoms with Crippen molar-refractivity contribution in [3.05, 3.63) is 42.0 Å². The molecule has 0 aromatic carbocycles. The molecular weight excluding hydrogens is 342 g/mol. The fourth-order valence-corrected chi connectivity index (χ4v) is 3.79. The van der Waals surface area contributed by atoms with Gasteiger partial charge in [-0.05, 0) is 24.5 Å². The minimum atomic E-state index is -0.261. The maximum Gasteiger partial charge on any atom is 0.317 e. The summed E-state index contributed by atoms with van der Waals surface area (Å²) in [5.41, 5.74) is 2.66. The van der Waals surface area contributed by atoms with E-state index in [1.54, 1.807) is 12.4 Å². The molecule has 7 heteroatoms. The van der Waals surface area contributed by atoms with E-state index in [4.69, 9.17) is 9.72 Å². The van der Waals surface area contributed by atoms with Gasteiger partial charge in [0, 0.05) is 49.4 Å². The van der Waals surface area contributed by atoms with Crippen molar-refractivity contribution in [1.29, 1.82) is 0 Å². The topological polar surface area (TPSA) is 80.2 Å². The summed E-state index contributed by atoms with van der Waals surface area (Å²) in [6, 6.07) is 3.84. The second kappa shape index (κ2) is 7.23. The van der Waals surface area contributed by atoms with E-state index < -0.39 is 0 Å². The molecule has 2 aliphatic rings. The molecule has 4 heterocycles. The standard InChI is InChI=1S/C20H25N5O2/c1-14(2)8-23-19(26)25-7-5-20(12-25)13-27-11-16-10-22-18(24-17(16)20)15-4-3-6-21-9-15/h3-4,6,9-10,14H,5,7-8,11-13H2,1-2H3,(H,23,26)/t20-/m1/s1. The van der Waals surface area contributed by atoms with E-state index >= 15 is 0 Å². The Morgan fingerprint density at radius 1 is 1.41 bits per heavy atom. The number of carbonyl (C=O) groups excluding carboxylic acids is 1. The Morgan fingerprint density at radius 3 is 3.07 bits per heavy atom. The van der Waals surface area contributed by atoms with Gasteiger partial charge in [-0.1, -0.05) is 13.8 Å². The van der Waals surface area contributed by atoms with Crippen LogP contribution in [0.25, 0.3) is 11.4 Å². The number of ether oxygens (including phenoxy) is 1. The second-order valence-electron chi connectivity index (χ2n) is 7.83. The zero-order chi connectivity index (χ0) is 18.9. The number of pyridine rings is 1. The van der Waals surface area contributed by atoms with Gasteiger partial charge < -0.3 is 15.0 Å². The van der Waals surface area contributed by atoms with E-state index in [9.17, 15) is 4.79 Å². The lowest BCUT2D eigenvalue weighted by Gasteiger charge is -2.34. The van der Waals surface area contributed by atoms with Crippen LogP contribution in [0.5, 0.6) is 0 Å². The summed E-state index contributed by atoms with van der Waals surface area (Å²) < 4.78 is 5.85. The zero-order valence-corrected chi connectivity index (χ0v) is 15.8. The van der Waals surface area contributed by atoms with Gasteiger partial charge in [-0.3, -0.25) is 4.98 Å². The van der Waals surface area contributed by atoms with Crippen LogP contribution in [0.3, 0.4) is 0 Å². The molecule has 0 unspecified atom stereocenters. The van der Waals surface area contributed by atoms with Crippen molar-refractivity contribution in [2.24, 2.45) is 5.92 Å². The molecule has 1 fully saturated rings. The predicted molar refractivity (Wildman–Crippen MR) is 101 cm³/mol. The van der Waals surface area contributed by atoms with Crippen LogP contribution in [-0.2, 0) is 16.8 Å². The van der Waals surface area contributed by atoms with Gasteiger partial charge in [0.25, 0.3) is 0 Å². The first-order valence-electron chi connectivity index (χ1n) is 9.45. The molecule has 1 spiro atoms. The molecule has 7 nitrogen and oxygen atoms in total. The summed E-state index contributed by atoms with van der Waals surface area (Å²) in [6.45, 7) is 7.29. The summed E-state index contributed by atoms with van der Waals surface area (Å²) in [6.07, 6.45) is 6.21. The van der Waals surface area contributed by atoms with Crippen LogP contribution in [0.1, 0.15) is 31.5 Å². The maximum atomic E-state index is 12.5. The van der Waals surface area contributed by atoms with E-state index in [1.165, 1.54) is 0 Å². The Kier molecular flexibility index (Phi) is 4.78. The minimum absolute atomic E-state index is 0.00534. The van der Waals surface area contributed by atoms with Gasteiger partial charge in [-0.25, -0.2) is 14.8 Å². The predicted octanol–water partition coefficient (Wildman–Crippen LogP) is 2.38. The maximum absolute atomic E-state index is 12.5. The lowest BCUT2D eigenvalue weighted by atomic mass is 9.80. The molecule has 0 bridgehead atoms. The molecule has 2 aromatic rings. The SMILES string of the molecule is CC(C)CNC(=O)N1CC[C@]2(COCc3cnc(-c4cccnc4)nc32)C1. The van der Waals surface area contributed by atoms with Gasteiger partial charge in [0.05, 0.1) is 24.3 Å². The second-order valence-corrected chi connectivity index (χ2v) is 7.83. The first-order valence-corrected chi connectivity index (χ1v) is 9.45. The highest BCUT2D eigenvalue weighted by atomic mass is 16.5. The summed E-state index contributed by atoms with van der Waals surface area (Å²) in [4.78, 5) is 28.0. The molecule has 2 aliphatic heterocycles. The number of likely N-dealkylation sites (tertiary alicyclic amines) is 1. The summed E-state index contributed by atoms with van der Waals surface area (Å²) >= 11 is 0. The molecule has 1 N–H and O–H groups in total. The molecule has 0 radical (unpaired) electrons. The highest BCUT2D eigenvalue weighted by Gasteiger charge is 2.46. The Bertz CT molecular complexity index is 826. The Labute approximate surface area is 159 Å². The van der Waals surface area contributed by atoms with Crippen LogP contribution >= 0.6 is 0 Å². The largest absolute Gasteiger partial charge is 0.376 e. The number of carbonyl (C=O) groups is 1. The zero-order valence-electron chi connectivity index (χ0n) is 15.8. The van der Waals surface area contributed by atoms with Gasteiger partial charge in [0.15, 0.2) is 5.82 Å². The fraction of sp³-hybridized carbons (Fsp3) is 0.500. The third kappa shape index (κ3) is 3.51. The number of hydrogen-bond donors (Lipinski definition) is 1. The van der Waals surface area contributed by atoms with Gasteiger partial charge in [-0.15, -0.1) is 0 Å². The van der Waals surface area contributed by atoms with E-state index in [0.717, 1.165) is 23.2 Å². The lowest BCUT2D eigenvalue weighted by Crippen LogP contribution is -2.45.